The zero-order valence-electron chi connectivity index (χ0n) is 13.7. The number of carbonyl (C=O) groups is 1. The number of fused-ring (bicyclic) bond motifs is 2. The van der Waals surface area contributed by atoms with Crippen LogP contribution in [-0.4, -0.2) is 29.1 Å². The molecule has 2 bridgehead atoms. The summed E-state index contributed by atoms with van der Waals surface area (Å²) in [5.74, 6) is 4.59. The molecule has 0 N–H and O–H groups in total. The maximum absolute atomic E-state index is 12.6. The zero-order chi connectivity index (χ0) is 15.3. The normalized spacial score (nSPS) is 33.3. The number of amides is 1. The first-order valence-electron chi connectivity index (χ1n) is 8.83. The molecule has 0 aromatic carbocycles. The predicted octanol–water partition coefficient (Wildman–Crippen LogP) is 3.12. The summed E-state index contributed by atoms with van der Waals surface area (Å²) < 4.78 is 5.19. The van der Waals surface area contributed by atoms with Gasteiger partial charge in [-0.3, -0.25) is 4.79 Å². The summed E-state index contributed by atoms with van der Waals surface area (Å²) in [6, 6.07) is 0. The van der Waals surface area contributed by atoms with Crippen molar-refractivity contribution in [3.63, 3.8) is 0 Å². The molecule has 1 amide bonds. The van der Waals surface area contributed by atoms with Gasteiger partial charge < -0.3 is 9.42 Å². The van der Waals surface area contributed by atoms with E-state index < -0.39 is 0 Å². The van der Waals surface area contributed by atoms with Gasteiger partial charge in [0, 0.05) is 25.1 Å². The van der Waals surface area contributed by atoms with Gasteiger partial charge in [0.15, 0.2) is 0 Å². The summed E-state index contributed by atoms with van der Waals surface area (Å²) in [5.41, 5.74) is 2.04. The molecule has 2 heterocycles. The fraction of sp³-hybridized carbons (Fsp3) is 0.778. The van der Waals surface area contributed by atoms with Crippen LogP contribution in [0.5, 0.6) is 0 Å². The van der Waals surface area contributed by atoms with Crippen LogP contribution in [0.25, 0.3) is 0 Å². The minimum atomic E-state index is 0.328. The number of aromatic nitrogens is 1. The van der Waals surface area contributed by atoms with E-state index in [0.717, 1.165) is 60.2 Å². The smallest absolute Gasteiger partial charge is 0.222 e. The van der Waals surface area contributed by atoms with Crippen molar-refractivity contribution >= 4 is 5.91 Å². The van der Waals surface area contributed by atoms with Crippen LogP contribution in [-0.2, 0) is 11.2 Å². The molecular formula is C18H26N2O2. The SMILES string of the molecule is Cc1noc(C)c1CCC(=O)N1C[C@@H]2C3CCC(CC3)[C@@H]2C1. The molecule has 5 rings (SSSR count). The average molecular weight is 302 g/mol. The molecule has 4 heteroatoms. The second kappa shape index (κ2) is 5.39. The van der Waals surface area contributed by atoms with Gasteiger partial charge in [-0.1, -0.05) is 5.16 Å². The van der Waals surface area contributed by atoms with E-state index in [9.17, 15) is 4.79 Å². The molecular weight excluding hydrogens is 276 g/mol. The summed E-state index contributed by atoms with van der Waals surface area (Å²) in [5, 5.41) is 3.98. The monoisotopic (exact) mass is 302 g/mol. The highest BCUT2D eigenvalue weighted by Gasteiger charge is 2.48. The number of hydrogen-bond donors (Lipinski definition) is 0. The van der Waals surface area contributed by atoms with E-state index in [1.807, 2.05) is 13.8 Å². The number of rotatable bonds is 3. The van der Waals surface area contributed by atoms with Crippen LogP contribution in [0, 0.1) is 37.5 Å². The minimum absolute atomic E-state index is 0.328. The molecule has 2 atom stereocenters. The third kappa shape index (κ3) is 2.27. The highest BCUT2D eigenvalue weighted by atomic mass is 16.5. The molecule has 4 fully saturated rings. The van der Waals surface area contributed by atoms with E-state index in [2.05, 4.69) is 10.1 Å². The fourth-order valence-corrected chi connectivity index (χ4v) is 5.31. The lowest BCUT2D eigenvalue weighted by Gasteiger charge is -2.44. The van der Waals surface area contributed by atoms with Gasteiger partial charge in [0.25, 0.3) is 0 Å². The van der Waals surface area contributed by atoms with Gasteiger partial charge in [0.2, 0.25) is 5.91 Å². The summed E-state index contributed by atoms with van der Waals surface area (Å²) in [4.78, 5) is 14.8. The minimum Gasteiger partial charge on any atom is -0.361 e. The van der Waals surface area contributed by atoms with Gasteiger partial charge in [-0.25, -0.2) is 0 Å². The summed E-state index contributed by atoms with van der Waals surface area (Å²) in [6.45, 7) is 5.93. The number of likely N-dealkylation sites (tertiary alicyclic amines) is 1. The molecule has 1 aliphatic heterocycles. The first-order valence-corrected chi connectivity index (χ1v) is 8.83. The van der Waals surface area contributed by atoms with Crippen molar-refractivity contribution in [3.05, 3.63) is 17.0 Å². The highest BCUT2D eigenvalue weighted by molar-refractivity contribution is 5.77. The van der Waals surface area contributed by atoms with Gasteiger partial charge in [-0.2, -0.15) is 0 Å². The van der Waals surface area contributed by atoms with Gasteiger partial charge >= 0.3 is 0 Å². The Bertz CT molecular complexity index is 532. The molecule has 3 saturated carbocycles. The number of carbonyl (C=O) groups excluding carboxylic acids is 1. The molecule has 0 radical (unpaired) electrons. The van der Waals surface area contributed by atoms with E-state index in [0.29, 0.717) is 12.3 Å². The Morgan fingerprint density at radius 3 is 2.23 bits per heavy atom. The molecule has 0 unspecified atom stereocenters. The number of aryl methyl sites for hydroxylation is 2. The summed E-state index contributed by atoms with van der Waals surface area (Å²) in [6.07, 6.45) is 7.00. The van der Waals surface area contributed by atoms with Gasteiger partial charge in [-0.05, 0) is 69.6 Å². The van der Waals surface area contributed by atoms with Crippen molar-refractivity contribution in [2.24, 2.45) is 23.7 Å². The number of hydrogen-bond acceptors (Lipinski definition) is 3. The molecule has 22 heavy (non-hydrogen) atoms. The van der Waals surface area contributed by atoms with Crippen molar-refractivity contribution in [1.29, 1.82) is 0 Å². The maximum atomic E-state index is 12.6. The van der Waals surface area contributed by atoms with E-state index >= 15 is 0 Å². The van der Waals surface area contributed by atoms with E-state index in [1.54, 1.807) is 0 Å². The van der Waals surface area contributed by atoms with Crippen LogP contribution in [0.1, 0.15) is 49.1 Å². The van der Waals surface area contributed by atoms with E-state index in [1.165, 1.54) is 25.7 Å². The van der Waals surface area contributed by atoms with Crippen LogP contribution in [0.3, 0.4) is 0 Å². The Morgan fingerprint density at radius 2 is 1.73 bits per heavy atom. The molecule has 3 aliphatic carbocycles. The highest BCUT2D eigenvalue weighted by Crippen LogP contribution is 2.51. The first kappa shape index (κ1) is 14.3. The predicted molar refractivity (Wildman–Crippen MR) is 83.3 cm³/mol. The van der Waals surface area contributed by atoms with Crippen molar-refractivity contribution in [1.82, 2.24) is 10.1 Å². The third-order valence-corrected chi connectivity index (χ3v) is 6.56. The Balaban J connectivity index is 1.38. The molecule has 1 aromatic heterocycles. The Labute approximate surface area is 132 Å². The van der Waals surface area contributed by atoms with E-state index in [-0.39, 0.29) is 0 Å². The molecule has 4 aliphatic rings. The summed E-state index contributed by atoms with van der Waals surface area (Å²) >= 11 is 0. The van der Waals surface area contributed by atoms with Crippen LogP contribution >= 0.6 is 0 Å². The topological polar surface area (TPSA) is 46.3 Å². The quantitative estimate of drug-likeness (QED) is 0.862. The van der Waals surface area contributed by atoms with Crippen LogP contribution in [0.4, 0.5) is 0 Å². The molecule has 1 saturated heterocycles. The Kier molecular flexibility index (Phi) is 3.50. The lowest BCUT2D eigenvalue weighted by atomic mass is 9.60. The van der Waals surface area contributed by atoms with Crippen molar-refractivity contribution in [2.45, 2.75) is 52.4 Å². The standard InChI is InChI=1S/C18H26N2O2/c1-11-15(12(2)22-19-11)7-8-18(21)20-9-16-13-3-4-14(6-5-13)17(16)10-20/h13-14,16-17H,3-10H2,1-2H3/t13?,14?,16-,17+. The number of nitrogens with zero attached hydrogens (tertiary/aromatic N) is 2. The lowest BCUT2D eigenvalue weighted by molar-refractivity contribution is -0.130. The molecule has 1 aromatic rings. The van der Waals surface area contributed by atoms with Crippen LogP contribution in [0.2, 0.25) is 0 Å². The van der Waals surface area contributed by atoms with Crippen molar-refractivity contribution < 1.29 is 9.32 Å². The molecule has 0 spiro atoms. The Hall–Kier alpha value is -1.32. The summed E-state index contributed by atoms with van der Waals surface area (Å²) in [7, 11) is 0. The zero-order valence-corrected chi connectivity index (χ0v) is 13.7. The van der Waals surface area contributed by atoms with Crippen LogP contribution in [0.15, 0.2) is 4.52 Å². The van der Waals surface area contributed by atoms with Gasteiger partial charge in [-0.15, -0.1) is 0 Å². The van der Waals surface area contributed by atoms with Crippen molar-refractivity contribution in [2.75, 3.05) is 13.1 Å². The Morgan fingerprint density at radius 1 is 1.14 bits per heavy atom. The third-order valence-electron chi connectivity index (χ3n) is 6.56. The molecule has 120 valence electrons. The maximum Gasteiger partial charge on any atom is 0.222 e. The molecule has 4 nitrogen and oxygen atoms in total. The largest absolute Gasteiger partial charge is 0.361 e. The van der Waals surface area contributed by atoms with Gasteiger partial charge in [0.1, 0.15) is 5.76 Å². The lowest BCUT2D eigenvalue weighted by Crippen LogP contribution is -2.38. The van der Waals surface area contributed by atoms with Crippen molar-refractivity contribution in [3.8, 4) is 0 Å². The fourth-order valence-electron chi connectivity index (χ4n) is 5.31. The van der Waals surface area contributed by atoms with Crippen LogP contribution < -0.4 is 0 Å². The first-order chi connectivity index (χ1) is 10.6. The van der Waals surface area contributed by atoms with Gasteiger partial charge in [0.05, 0.1) is 5.69 Å². The van der Waals surface area contributed by atoms with E-state index in [4.69, 9.17) is 4.52 Å². The second-order valence-corrected chi connectivity index (χ2v) is 7.60. The average Bonchev–Trinajstić information content (AvgIpc) is 3.12. The second-order valence-electron chi connectivity index (χ2n) is 7.60.